The lowest BCUT2D eigenvalue weighted by Gasteiger charge is -2.02. The first kappa shape index (κ1) is 16.8. The largest absolute Gasteiger partial charge is 0.366 e. The third kappa shape index (κ3) is 4.27. The van der Waals surface area contributed by atoms with Gasteiger partial charge in [-0.3, -0.25) is 14.9 Å². The Balaban J connectivity index is 1.65. The van der Waals surface area contributed by atoms with Gasteiger partial charge in [0.15, 0.2) is 5.13 Å². The molecule has 126 valence electrons. The zero-order valence-corrected chi connectivity index (χ0v) is 13.8. The van der Waals surface area contributed by atoms with Gasteiger partial charge in [-0.15, -0.1) is 11.3 Å². The molecule has 0 bridgehead atoms. The number of benzene rings is 2. The fourth-order valence-electron chi connectivity index (χ4n) is 2.21. The van der Waals surface area contributed by atoms with E-state index >= 15 is 0 Å². The minimum Gasteiger partial charge on any atom is -0.366 e. The molecule has 25 heavy (non-hydrogen) atoms. The fourth-order valence-corrected chi connectivity index (χ4v) is 3.05. The molecule has 5 nitrogen and oxygen atoms in total. The summed E-state index contributed by atoms with van der Waals surface area (Å²) in [5, 5.41) is 3.19. The van der Waals surface area contributed by atoms with E-state index in [-0.39, 0.29) is 11.7 Å². The quantitative estimate of drug-likeness (QED) is 0.737. The number of hydrogen-bond acceptors (Lipinski definition) is 4. The van der Waals surface area contributed by atoms with Crippen LogP contribution in [0, 0.1) is 5.82 Å². The van der Waals surface area contributed by atoms with E-state index in [1.165, 1.54) is 47.7 Å². The summed E-state index contributed by atoms with van der Waals surface area (Å²) < 4.78 is 12.9. The second kappa shape index (κ2) is 7.23. The number of carbonyl (C=O) groups excluding carboxylic acids is 2. The van der Waals surface area contributed by atoms with Crippen molar-refractivity contribution in [1.29, 1.82) is 0 Å². The number of anilines is 1. The first-order valence-electron chi connectivity index (χ1n) is 7.41. The maximum atomic E-state index is 12.9. The predicted octanol–water partition coefficient (Wildman–Crippen LogP) is 3.22. The second-order valence-electron chi connectivity index (χ2n) is 5.33. The Morgan fingerprint density at radius 2 is 1.68 bits per heavy atom. The van der Waals surface area contributed by atoms with Gasteiger partial charge in [-0.2, -0.15) is 0 Å². The summed E-state index contributed by atoms with van der Waals surface area (Å²) in [4.78, 5) is 28.4. The number of primary amides is 1. The van der Waals surface area contributed by atoms with Gasteiger partial charge < -0.3 is 5.73 Å². The van der Waals surface area contributed by atoms with Gasteiger partial charge >= 0.3 is 0 Å². The highest BCUT2D eigenvalue weighted by Gasteiger charge is 2.10. The van der Waals surface area contributed by atoms with Crippen LogP contribution in [0.2, 0.25) is 0 Å². The van der Waals surface area contributed by atoms with Gasteiger partial charge in [0, 0.05) is 28.6 Å². The van der Waals surface area contributed by atoms with E-state index < -0.39 is 5.91 Å². The van der Waals surface area contributed by atoms with Crippen LogP contribution in [-0.2, 0) is 6.42 Å². The molecule has 2 aromatic carbocycles. The number of amides is 2. The lowest BCUT2D eigenvalue weighted by atomic mass is 10.1. The van der Waals surface area contributed by atoms with Crippen LogP contribution >= 0.6 is 11.3 Å². The Morgan fingerprint density at radius 1 is 1.04 bits per heavy atom. The molecule has 0 aliphatic heterocycles. The molecule has 0 spiro atoms. The smallest absolute Gasteiger partial charge is 0.257 e. The number of thiazole rings is 1. The third-order valence-electron chi connectivity index (χ3n) is 3.50. The molecule has 0 unspecified atom stereocenters. The lowest BCUT2D eigenvalue weighted by molar-refractivity contribution is 0.0995. The molecule has 0 saturated carbocycles. The Kier molecular flexibility index (Phi) is 4.85. The molecule has 0 saturated heterocycles. The summed E-state index contributed by atoms with van der Waals surface area (Å²) in [5.41, 5.74) is 6.88. The molecular weight excluding hydrogens is 341 g/mol. The van der Waals surface area contributed by atoms with E-state index in [1.807, 2.05) is 0 Å². The fraction of sp³-hybridized carbons (Fsp3) is 0.0556. The maximum absolute atomic E-state index is 12.9. The Hall–Kier alpha value is -3.06. The van der Waals surface area contributed by atoms with Crippen LogP contribution in [0.3, 0.4) is 0 Å². The van der Waals surface area contributed by atoms with E-state index in [1.54, 1.807) is 18.3 Å². The maximum Gasteiger partial charge on any atom is 0.257 e. The van der Waals surface area contributed by atoms with Crippen molar-refractivity contribution in [1.82, 2.24) is 4.98 Å². The zero-order chi connectivity index (χ0) is 17.8. The van der Waals surface area contributed by atoms with Crippen molar-refractivity contribution in [2.75, 3.05) is 5.32 Å². The number of hydrogen-bond donors (Lipinski definition) is 2. The van der Waals surface area contributed by atoms with E-state index in [0.717, 1.165) is 10.4 Å². The zero-order valence-electron chi connectivity index (χ0n) is 13.0. The molecule has 0 atom stereocenters. The van der Waals surface area contributed by atoms with Crippen LogP contribution in [0.15, 0.2) is 54.7 Å². The van der Waals surface area contributed by atoms with Crippen molar-refractivity contribution in [3.8, 4) is 0 Å². The van der Waals surface area contributed by atoms with E-state index in [9.17, 15) is 14.0 Å². The number of nitrogens with two attached hydrogens (primary N) is 1. The highest BCUT2D eigenvalue weighted by molar-refractivity contribution is 7.15. The Morgan fingerprint density at radius 3 is 2.32 bits per heavy atom. The second-order valence-corrected chi connectivity index (χ2v) is 6.45. The van der Waals surface area contributed by atoms with Crippen molar-refractivity contribution < 1.29 is 14.0 Å². The Labute approximate surface area is 147 Å². The number of aromatic nitrogens is 1. The molecule has 2 amide bonds. The number of rotatable bonds is 5. The van der Waals surface area contributed by atoms with Crippen molar-refractivity contribution >= 4 is 28.3 Å². The molecule has 0 aliphatic rings. The monoisotopic (exact) mass is 355 g/mol. The minimum atomic E-state index is -0.544. The summed E-state index contributed by atoms with van der Waals surface area (Å²) >= 11 is 1.35. The molecular formula is C18H14FN3O2S. The highest BCUT2D eigenvalue weighted by atomic mass is 32.1. The van der Waals surface area contributed by atoms with Crippen molar-refractivity contribution in [2.45, 2.75) is 6.42 Å². The SMILES string of the molecule is NC(=O)c1ccc(C(=O)Nc2ncc(Cc3ccc(F)cc3)s2)cc1. The molecule has 7 heteroatoms. The number of nitrogens with zero attached hydrogens (tertiary/aromatic N) is 1. The van der Waals surface area contributed by atoms with Gasteiger partial charge in [0.2, 0.25) is 5.91 Å². The van der Waals surface area contributed by atoms with Crippen LogP contribution in [0.5, 0.6) is 0 Å². The van der Waals surface area contributed by atoms with Gasteiger partial charge in [0.25, 0.3) is 5.91 Å². The molecule has 3 N–H and O–H groups in total. The standard InChI is InChI=1S/C18H14FN3O2S/c19-14-7-1-11(2-8-14)9-15-10-21-18(25-15)22-17(24)13-5-3-12(4-6-13)16(20)23/h1-8,10H,9H2,(H2,20,23)(H,21,22,24). The highest BCUT2D eigenvalue weighted by Crippen LogP contribution is 2.22. The minimum absolute atomic E-state index is 0.275. The van der Waals surface area contributed by atoms with Crippen LogP contribution in [0.1, 0.15) is 31.2 Å². The van der Waals surface area contributed by atoms with Crippen molar-refractivity contribution in [3.05, 3.63) is 82.1 Å². The van der Waals surface area contributed by atoms with Crippen molar-refractivity contribution in [3.63, 3.8) is 0 Å². The molecule has 0 fully saturated rings. The third-order valence-corrected chi connectivity index (χ3v) is 4.41. The van der Waals surface area contributed by atoms with E-state index in [2.05, 4.69) is 10.3 Å². The predicted molar refractivity (Wildman–Crippen MR) is 94.2 cm³/mol. The van der Waals surface area contributed by atoms with Gasteiger partial charge in [-0.05, 0) is 42.0 Å². The van der Waals surface area contributed by atoms with Gasteiger partial charge in [0.05, 0.1) is 0 Å². The summed E-state index contributed by atoms with van der Waals surface area (Å²) in [6.07, 6.45) is 2.29. The van der Waals surface area contributed by atoms with Gasteiger partial charge in [-0.25, -0.2) is 9.37 Å². The lowest BCUT2D eigenvalue weighted by Crippen LogP contribution is -2.13. The average molecular weight is 355 g/mol. The molecule has 3 aromatic rings. The Bertz CT molecular complexity index is 905. The van der Waals surface area contributed by atoms with E-state index in [4.69, 9.17) is 5.73 Å². The molecule has 0 aliphatic carbocycles. The normalized spacial score (nSPS) is 10.4. The van der Waals surface area contributed by atoms with Crippen LogP contribution in [0.25, 0.3) is 0 Å². The average Bonchev–Trinajstić information content (AvgIpc) is 3.04. The van der Waals surface area contributed by atoms with Gasteiger partial charge in [0.1, 0.15) is 5.82 Å². The molecule has 3 rings (SSSR count). The van der Waals surface area contributed by atoms with E-state index in [0.29, 0.717) is 22.7 Å². The summed E-state index contributed by atoms with van der Waals surface area (Å²) in [7, 11) is 0. The number of carbonyl (C=O) groups is 2. The topological polar surface area (TPSA) is 85.1 Å². The number of halogens is 1. The van der Waals surface area contributed by atoms with Crippen LogP contribution in [-0.4, -0.2) is 16.8 Å². The molecule has 0 radical (unpaired) electrons. The van der Waals surface area contributed by atoms with Crippen molar-refractivity contribution in [2.24, 2.45) is 5.73 Å². The van der Waals surface area contributed by atoms with Gasteiger partial charge in [-0.1, -0.05) is 12.1 Å². The first-order chi connectivity index (χ1) is 12.0. The number of nitrogens with one attached hydrogen (secondary N) is 1. The summed E-state index contributed by atoms with van der Waals surface area (Å²) in [6.45, 7) is 0. The summed E-state index contributed by atoms with van der Waals surface area (Å²) in [5.74, 6) is -1.14. The molecule has 1 heterocycles. The molecule has 1 aromatic heterocycles. The summed E-state index contributed by atoms with van der Waals surface area (Å²) in [6, 6.07) is 12.3. The first-order valence-corrected chi connectivity index (χ1v) is 8.23. The van der Waals surface area contributed by atoms with Crippen LogP contribution in [0.4, 0.5) is 9.52 Å². The van der Waals surface area contributed by atoms with Crippen LogP contribution < -0.4 is 11.1 Å².